The molecule has 1 saturated carbocycles. The standard InChI is InChI=1S/C31H40N2O7/c1-6-38-29(35)28(20-11-14-23(15-12-20)32-30(36)40-31(2,3)4)33-19-22(18-27(33)34)21-13-16-25(37-5)26(17-21)39-24-9-7-8-10-24/h11-17,22,24,28H,6-10,18-19H2,1-5H3,(H,32,36). The number of methoxy groups -OCH3 is 1. The summed E-state index contributed by atoms with van der Waals surface area (Å²) >= 11 is 0. The Balaban J connectivity index is 1.53. The van der Waals surface area contributed by atoms with E-state index in [-0.39, 0.29) is 31.0 Å². The number of carbonyl (C=O) groups is 3. The fourth-order valence-electron chi connectivity index (χ4n) is 5.26. The first-order valence-corrected chi connectivity index (χ1v) is 14.0. The Labute approximate surface area is 236 Å². The van der Waals surface area contributed by atoms with Crippen molar-refractivity contribution in [2.24, 2.45) is 0 Å². The summed E-state index contributed by atoms with van der Waals surface area (Å²) in [5.41, 5.74) is 1.45. The molecule has 2 aromatic rings. The third-order valence-electron chi connectivity index (χ3n) is 7.11. The highest BCUT2D eigenvalue weighted by Gasteiger charge is 2.40. The Hall–Kier alpha value is -3.75. The second-order valence-electron chi connectivity index (χ2n) is 11.3. The predicted molar refractivity (Wildman–Crippen MR) is 151 cm³/mol. The molecule has 2 atom stereocenters. The number of anilines is 1. The number of ether oxygens (including phenoxy) is 4. The summed E-state index contributed by atoms with van der Waals surface area (Å²) in [4.78, 5) is 40.2. The van der Waals surface area contributed by atoms with E-state index < -0.39 is 23.7 Å². The van der Waals surface area contributed by atoms with Gasteiger partial charge in [0.05, 0.1) is 19.8 Å². The molecule has 0 spiro atoms. The molecule has 0 aromatic heterocycles. The van der Waals surface area contributed by atoms with Crippen LogP contribution in [0.4, 0.5) is 10.5 Å². The molecule has 2 amide bonds. The number of nitrogens with zero attached hydrogens (tertiary/aromatic N) is 1. The molecule has 1 aliphatic heterocycles. The van der Waals surface area contributed by atoms with Gasteiger partial charge in [0, 0.05) is 24.6 Å². The van der Waals surface area contributed by atoms with Gasteiger partial charge in [0.25, 0.3) is 0 Å². The average Bonchev–Trinajstić information content (AvgIpc) is 3.54. The van der Waals surface area contributed by atoms with Crippen LogP contribution in [0.2, 0.25) is 0 Å². The zero-order chi connectivity index (χ0) is 28.9. The van der Waals surface area contributed by atoms with Crippen LogP contribution >= 0.6 is 0 Å². The number of benzene rings is 2. The normalized spacial score (nSPS) is 18.4. The van der Waals surface area contributed by atoms with Crippen molar-refractivity contribution in [3.8, 4) is 11.5 Å². The largest absolute Gasteiger partial charge is 0.493 e. The van der Waals surface area contributed by atoms with Crippen LogP contribution in [0.5, 0.6) is 11.5 Å². The number of hydrogen-bond acceptors (Lipinski definition) is 7. The Morgan fingerprint density at radius 1 is 1.05 bits per heavy atom. The topological polar surface area (TPSA) is 103 Å². The Morgan fingerprint density at radius 2 is 1.75 bits per heavy atom. The van der Waals surface area contributed by atoms with Crippen LogP contribution in [-0.2, 0) is 19.1 Å². The van der Waals surface area contributed by atoms with Gasteiger partial charge in [-0.3, -0.25) is 10.1 Å². The van der Waals surface area contributed by atoms with Gasteiger partial charge < -0.3 is 23.8 Å². The van der Waals surface area contributed by atoms with Gasteiger partial charge in [0.1, 0.15) is 5.60 Å². The lowest BCUT2D eigenvalue weighted by Gasteiger charge is -2.27. The summed E-state index contributed by atoms with van der Waals surface area (Å²) in [6.07, 6.45) is 4.23. The van der Waals surface area contributed by atoms with Crippen molar-refractivity contribution in [3.05, 3.63) is 53.6 Å². The first kappa shape index (κ1) is 29.2. The Morgan fingerprint density at radius 3 is 2.38 bits per heavy atom. The van der Waals surface area contributed by atoms with Crippen LogP contribution in [0.25, 0.3) is 0 Å². The van der Waals surface area contributed by atoms with Crippen molar-refractivity contribution in [3.63, 3.8) is 0 Å². The maximum absolute atomic E-state index is 13.3. The van der Waals surface area contributed by atoms with E-state index in [1.807, 2.05) is 18.2 Å². The first-order chi connectivity index (χ1) is 19.1. The van der Waals surface area contributed by atoms with E-state index in [0.29, 0.717) is 29.3 Å². The summed E-state index contributed by atoms with van der Waals surface area (Å²) in [6.45, 7) is 7.65. The number of amides is 2. The van der Waals surface area contributed by atoms with Gasteiger partial charge in [-0.1, -0.05) is 18.2 Å². The minimum absolute atomic E-state index is 0.116. The average molecular weight is 553 g/mol. The zero-order valence-electron chi connectivity index (χ0n) is 24.0. The lowest BCUT2D eigenvalue weighted by molar-refractivity contribution is -0.153. The smallest absolute Gasteiger partial charge is 0.412 e. The molecule has 0 radical (unpaired) electrons. The van der Waals surface area contributed by atoms with Crippen molar-refractivity contribution in [1.29, 1.82) is 0 Å². The molecule has 2 unspecified atom stereocenters. The van der Waals surface area contributed by atoms with Crippen LogP contribution in [-0.4, -0.2) is 54.8 Å². The molecule has 1 heterocycles. The molecule has 1 aliphatic carbocycles. The van der Waals surface area contributed by atoms with Crippen LogP contribution in [0, 0.1) is 0 Å². The maximum Gasteiger partial charge on any atom is 0.412 e. The summed E-state index contributed by atoms with van der Waals surface area (Å²) in [5.74, 6) is 0.612. The second kappa shape index (κ2) is 12.6. The minimum atomic E-state index is -0.902. The molecule has 2 aliphatic rings. The lowest BCUT2D eigenvalue weighted by Crippen LogP contribution is -2.36. The lowest BCUT2D eigenvalue weighted by atomic mass is 9.97. The third-order valence-corrected chi connectivity index (χ3v) is 7.11. The number of esters is 1. The van der Waals surface area contributed by atoms with Gasteiger partial charge in [-0.25, -0.2) is 9.59 Å². The summed E-state index contributed by atoms with van der Waals surface area (Å²) in [7, 11) is 1.62. The molecular formula is C31H40N2O7. The fourth-order valence-corrected chi connectivity index (χ4v) is 5.26. The van der Waals surface area contributed by atoms with Crippen molar-refractivity contribution >= 4 is 23.7 Å². The summed E-state index contributed by atoms with van der Waals surface area (Å²) < 4.78 is 22.5. The van der Waals surface area contributed by atoms with Gasteiger partial charge in [0.15, 0.2) is 17.5 Å². The van der Waals surface area contributed by atoms with Crippen LogP contribution in [0.15, 0.2) is 42.5 Å². The first-order valence-electron chi connectivity index (χ1n) is 14.0. The number of rotatable bonds is 9. The molecular weight excluding hydrogens is 512 g/mol. The van der Waals surface area contributed by atoms with E-state index in [9.17, 15) is 14.4 Å². The Bertz CT molecular complexity index is 1200. The Kier molecular flexibility index (Phi) is 9.22. The van der Waals surface area contributed by atoms with E-state index >= 15 is 0 Å². The highest BCUT2D eigenvalue weighted by molar-refractivity contribution is 5.88. The van der Waals surface area contributed by atoms with Gasteiger partial charge in [-0.15, -0.1) is 0 Å². The van der Waals surface area contributed by atoms with Gasteiger partial charge in [0.2, 0.25) is 5.91 Å². The molecule has 1 N–H and O–H groups in total. The predicted octanol–water partition coefficient (Wildman–Crippen LogP) is 5.98. The molecule has 9 nitrogen and oxygen atoms in total. The molecule has 2 fully saturated rings. The minimum Gasteiger partial charge on any atom is -0.493 e. The van der Waals surface area contributed by atoms with Gasteiger partial charge >= 0.3 is 12.1 Å². The number of nitrogens with one attached hydrogen (secondary N) is 1. The summed E-state index contributed by atoms with van der Waals surface area (Å²) in [5, 5.41) is 2.69. The van der Waals surface area contributed by atoms with E-state index in [0.717, 1.165) is 31.2 Å². The summed E-state index contributed by atoms with van der Waals surface area (Å²) in [6, 6.07) is 11.7. The molecule has 40 heavy (non-hydrogen) atoms. The monoisotopic (exact) mass is 552 g/mol. The van der Waals surface area contributed by atoms with Crippen molar-refractivity contribution in [2.75, 3.05) is 25.6 Å². The van der Waals surface area contributed by atoms with Crippen molar-refractivity contribution in [2.45, 2.75) is 83.5 Å². The van der Waals surface area contributed by atoms with E-state index in [1.165, 1.54) is 0 Å². The number of carbonyl (C=O) groups excluding carboxylic acids is 3. The molecule has 1 saturated heterocycles. The molecule has 216 valence electrons. The van der Waals surface area contributed by atoms with Crippen molar-refractivity contribution in [1.82, 2.24) is 4.90 Å². The highest BCUT2D eigenvalue weighted by Crippen LogP contribution is 2.39. The quantitative estimate of drug-likeness (QED) is 0.382. The molecule has 2 aromatic carbocycles. The number of hydrogen-bond donors (Lipinski definition) is 1. The number of likely N-dealkylation sites (tertiary alicyclic amines) is 1. The van der Waals surface area contributed by atoms with Crippen LogP contribution < -0.4 is 14.8 Å². The fraction of sp³-hybridized carbons (Fsp3) is 0.516. The molecule has 0 bridgehead atoms. The van der Waals surface area contributed by atoms with E-state index in [2.05, 4.69) is 5.32 Å². The maximum atomic E-state index is 13.3. The van der Waals surface area contributed by atoms with Gasteiger partial charge in [-0.05, 0) is 88.8 Å². The highest BCUT2D eigenvalue weighted by atomic mass is 16.6. The third kappa shape index (κ3) is 7.25. The SMILES string of the molecule is CCOC(=O)C(c1ccc(NC(=O)OC(C)(C)C)cc1)N1CC(c2ccc(OC)c(OC3CCCC3)c2)CC1=O. The van der Waals surface area contributed by atoms with Crippen LogP contribution in [0.1, 0.15) is 82.9 Å². The van der Waals surface area contributed by atoms with Crippen LogP contribution in [0.3, 0.4) is 0 Å². The molecule has 9 heteroatoms. The second-order valence-corrected chi connectivity index (χ2v) is 11.3. The zero-order valence-corrected chi connectivity index (χ0v) is 24.0. The molecule has 4 rings (SSSR count). The van der Waals surface area contributed by atoms with E-state index in [1.54, 1.807) is 64.0 Å². The van der Waals surface area contributed by atoms with E-state index in [4.69, 9.17) is 18.9 Å². The van der Waals surface area contributed by atoms with Crippen molar-refractivity contribution < 1.29 is 33.3 Å². The van der Waals surface area contributed by atoms with Gasteiger partial charge in [-0.2, -0.15) is 0 Å².